The molecular formula is C22H27N7O2. The Labute approximate surface area is 181 Å². The molecule has 9 nitrogen and oxygen atoms in total. The topological polar surface area (TPSA) is 109 Å². The number of benzene rings is 1. The maximum atomic E-state index is 11.2. The van der Waals surface area contributed by atoms with Gasteiger partial charge in [-0.15, -0.1) is 10.2 Å². The number of nitrogens with zero attached hydrogens (tertiary/aromatic N) is 5. The molecule has 1 amide bonds. The van der Waals surface area contributed by atoms with Gasteiger partial charge in [-0.2, -0.15) is 0 Å². The number of aryl methyl sites for hydroxylation is 1. The summed E-state index contributed by atoms with van der Waals surface area (Å²) in [4.78, 5) is 22.6. The van der Waals surface area contributed by atoms with Crippen molar-refractivity contribution in [1.29, 1.82) is 0 Å². The van der Waals surface area contributed by atoms with Crippen LogP contribution in [0.15, 0.2) is 34.9 Å². The standard InChI is InChI=1S/C22H27N7O2/c1-14-20(22-28-27-21(31-22)18-6-4-16(5-7-18)10-23-3)26-19(12-24-14)29-9-8-17(13-29)11-25-15(2)30/h4-7,12,17,23H,8-11,13H2,1-3H3,(H,25,30)/t17-/m0/s1. The van der Waals surface area contributed by atoms with Crippen LogP contribution in [0.3, 0.4) is 0 Å². The molecule has 31 heavy (non-hydrogen) atoms. The van der Waals surface area contributed by atoms with E-state index in [2.05, 4.69) is 30.7 Å². The van der Waals surface area contributed by atoms with Crippen molar-refractivity contribution in [3.05, 3.63) is 41.7 Å². The van der Waals surface area contributed by atoms with Gasteiger partial charge in [-0.3, -0.25) is 9.78 Å². The molecule has 0 bridgehead atoms. The Bertz CT molecular complexity index is 1050. The molecule has 3 aromatic rings. The lowest BCUT2D eigenvalue weighted by atomic mass is 10.1. The third kappa shape index (κ3) is 4.88. The second-order valence-corrected chi connectivity index (χ2v) is 7.84. The molecule has 1 aromatic carbocycles. The van der Waals surface area contributed by atoms with Gasteiger partial charge in [0.15, 0.2) is 5.69 Å². The summed E-state index contributed by atoms with van der Waals surface area (Å²) in [5.41, 5.74) is 3.37. The Morgan fingerprint density at radius 2 is 2.00 bits per heavy atom. The van der Waals surface area contributed by atoms with Gasteiger partial charge in [-0.25, -0.2) is 4.98 Å². The smallest absolute Gasteiger partial charge is 0.268 e. The van der Waals surface area contributed by atoms with E-state index >= 15 is 0 Å². The summed E-state index contributed by atoms with van der Waals surface area (Å²) in [6.45, 7) is 6.60. The van der Waals surface area contributed by atoms with Crippen LogP contribution in [0.5, 0.6) is 0 Å². The molecule has 2 N–H and O–H groups in total. The van der Waals surface area contributed by atoms with E-state index in [4.69, 9.17) is 9.40 Å². The van der Waals surface area contributed by atoms with Crippen molar-refractivity contribution >= 4 is 11.7 Å². The maximum Gasteiger partial charge on any atom is 0.268 e. The van der Waals surface area contributed by atoms with E-state index in [1.54, 1.807) is 13.1 Å². The molecule has 0 aliphatic carbocycles. The fourth-order valence-electron chi connectivity index (χ4n) is 3.70. The predicted molar refractivity (Wildman–Crippen MR) is 117 cm³/mol. The van der Waals surface area contributed by atoms with Crippen molar-refractivity contribution in [2.45, 2.75) is 26.8 Å². The van der Waals surface area contributed by atoms with Crippen LogP contribution in [0, 0.1) is 12.8 Å². The number of rotatable bonds is 7. The first kappa shape index (κ1) is 20.9. The molecule has 1 aliphatic heterocycles. The summed E-state index contributed by atoms with van der Waals surface area (Å²) >= 11 is 0. The highest BCUT2D eigenvalue weighted by Gasteiger charge is 2.25. The Kier molecular flexibility index (Phi) is 6.22. The van der Waals surface area contributed by atoms with Gasteiger partial charge in [0.25, 0.3) is 5.89 Å². The zero-order chi connectivity index (χ0) is 21.8. The monoisotopic (exact) mass is 421 g/mol. The lowest BCUT2D eigenvalue weighted by molar-refractivity contribution is -0.119. The highest BCUT2D eigenvalue weighted by atomic mass is 16.4. The van der Waals surface area contributed by atoms with Gasteiger partial charge in [-0.05, 0) is 44.0 Å². The minimum Gasteiger partial charge on any atom is -0.415 e. The largest absolute Gasteiger partial charge is 0.415 e. The first-order valence-corrected chi connectivity index (χ1v) is 10.4. The lowest BCUT2D eigenvalue weighted by Gasteiger charge is -2.18. The molecule has 9 heteroatoms. The van der Waals surface area contributed by atoms with Crippen molar-refractivity contribution in [2.24, 2.45) is 5.92 Å². The molecule has 1 aliphatic rings. The minimum atomic E-state index is -0.000248. The van der Waals surface area contributed by atoms with Crippen LogP contribution in [0.25, 0.3) is 23.0 Å². The Hall–Kier alpha value is -3.33. The first-order chi connectivity index (χ1) is 15.0. The zero-order valence-electron chi connectivity index (χ0n) is 18.1. The van der Waals surface area contributed by atoms with Crippen molar-refractivity contribution in [3.63, 3.8) is 0 Å². The number of aromatic nitrogens is 4. The Balaban J connectivity index is 1.51. The van der Waals surface area contributed by atoms with Gasteiger partial charge in [0.2, 0.25) is 11.8 Å². The molecule has 1 atom stereocenters. The van der Waals surface area contributed by atoms with Gasteiger partial charge in [0.1, 0.15) is 5.82 Å². The van der Waals surface area contributed by atoms with Crippen LogP contribution >= 0.6 is 0 Å². The van der Waals surface area contributed by atoms with E-state index in [1.807, 2.05) is 38.2 Å². The van der Waals surface area contributed by atoms with Crippen LogP contribution in [-0.2, 0) is 11.3 Å². The Morgan fingerprint density at radius 1 is 1.23 bits per heavy atom. The van der Waals surface area contributed by atoms with Crippen LogP contribution in [0.2, 0.25) is 0 Å². The molecule has 0 spiro atoms. The third-order valence-corrected chi connectivity index (χ3v) is 5.40. The first-order valence-electron chi connectivity index (χ1n) is 10.4. The quantitative estimate of drug-likeness (QED) is 0.598. The lowest BCUT2D eigenvalue weighted by Crippen LogP contribution is -2.29. The van der Waals surface area contributed by atoms with E-state index < -0.39 is 0 Å². The minimum absolute atomic E-state index is 0.000248. The SMILES string of the molecule is CNCc1ccc(-c2nnc(-c3nc(N4CC[C@@H](CNC(C)=O)C4)cnc3C)o2)cc1. The fraction of sp³-hybridized carbons (Fsp3) is 0.409. The Morgan fingerprint density at radius 3 is 2.74 bits per heavy atom. The summed E-state index contributed by atoms with van der Waals surface area (Å²) < 4.78 is 5.93. The van der Waals surface area contributed by atoms with E-state index in [9.17, 15) is 4.79 Å². The summed E-state index contributed by atoms with van der Waals surface area (Å²) in [6.07, 6.45) is 2.77. The van der Waals surface area contributed by atoms with Crippen LogP contribution < -0.4 is 15.5 Å². The summed E-state index contributed by atoms with van der Waals surface area (Å²) in [7, 11) is 1.92. The molecule has 4 rings (SSSR count). The van der Waals surface area contributed by atoms with Crippen molar-refractivity contribution in [3.8, 4) is 23.0 Å². The highest BCUT2D eigenvalue weighted by molar-refractivity contribution is 5.72. The predicted octanol–water partition coefficient (Wildman–Crippen LogP) is 2.18. The molecule has 162 valence electrons. The maximum absolute atomic E-state index is 11.2. The van der Waals surface area contributed by atoms with Crippen molar-refractivity contribution < 1.29 is 9.21 Å². The number of carbonyl (C=O) groups excluding carboxylic acids is 1. The highest BCUT2D eigenvalue weighted by Crippen LogP contribution is 2.28. The van der Waals surface area contributed by atoms with E-state index in [-0.39, 0.29) is 5.91 Å². The molecule has 0 saturated carbocycles. The zero-order valence-corrected chi connectivity index (χ0v) is 18.1. The summed E-state index contributed by atoms with van der Waals surface area (Å²) in [6, 6.07) is 8.01. The summed E-state index contributed by atoms with van der Waals surface area (Å²) in [5, 5.41) is 14.4. The fourth-order valence-corrected chi connectivity index (χ4v) is 3.70. The normalized spacial score (nSPS) is 16.0. The average Bonchev–Trinajstić information content (AvgIpc) is 3.44. The molecule has 0 radical (unpaired) electrons. The van der Waals surface area contributed by atoms with Crippen LogP contribution in [0.1, 0.15) is 24.6 Å². The number of hydrogen-bond acceptors (Lipinski definition) is 8. The molecule has 2 aromatic heterocycles. The van der Waals surface area contributed by atoms with Crippen molar-refractivity contribution in [2.75, 3.05) is 31.6 Å². The van der Waals surface area contributed by atoms with Crippen LogP contribution in [-0.4, -0.2) is 52.8 Å². The van der Waals surface area contributed by atoms with Gasteiger partial charge in [-0.1, -0.05) is 12.1 Å². The number of amides is 1. The number of hydrogen-bond donors (Lipinski definition) is 2. The molecule has 1 saturated heterocycles. The second-order valence-electron chi connectivity index (χ2n) is 7.84. The van der Waals surface area contributed by atoms with Gasteiger partial charge in [0, 0.05) is 38.7 Å². The molecule has 1 fully saturated rings. The summed E-state index contributed by atoms with van der Waals surface area (Å²) in [5.74, 6) is 1.99. The van der Waals surface area contributed by atoms with Gasteiger partial charge in [0.05, 0.1) is 11.9 Å². The molecular weight excluding hydrogens is 394 g/mol. The van der Waals surface area contributed by atoms with Crippen LogP contribution in [0.4, 0.5) is 5.82 Å². The van der Waals surface area contributed by atoms with E-state index in [0.717, 1.165) is 43.1 Å². The van der Waals surface area contributed by atoms with Crippen molar-refractivity contribution in [1.82, 2.24) is 30.8 Å². The molecule has 3 heterocycles. The van der Waals surface area contributed by atoms with E-state index in [1.165, 1.54) is 5.56 Å². The second kappa shape index (κ2) is 9.22. The number of anilines is 1. The van der Waals surface area contributed by atoms with Gasteiger partial charge >= 0.3 is 0 Å². The number of carbonyl (C=O) groups is 1. The van der Waals surface area contributed by atoms with Gasteiger partial charge < -0.3 is 20.0 Å². The molecule has 0 unspecified atom stereocenters. The van der Waals surface area contributed by atoms with E-state index in [0.29, 0.717) is 29.9 Å². The number of nitrogens with one attached hydrogen (secondary N) is 2. The third-order valence-electron chi connectivity index (χ3n) is 5.40. The average molecular weight is 422 g/mol.